The number of methoxy groups -OCH3 is 1. The number of aryl methyl sites for hydroxylation is 1. The Balaban J connectivity index is 1.90. The Bertz CT molecular complexity index is 1140. The highest BCUT2D eigenvalue weighted by Crippen LogP contribution is 2.28. The number of allylic oxidation sites excluding steroid dienone is 1. The smallest absolute Gasteiger partial charge is 0.282 e. The van der Waals surface area contributed by atoms with Crippen molar-refractivity contribution in [2.24, 2.45) is 0 Å². The topological polar surface area (TPSA) is 61.9 Å². The molecule has 0 aliphatic carbocycles. The Hall–Kier alpha value is -2.95. The number of hydrogen-bond acceptors (Lipinski definition) is 4. The highest BCUT2D eigenvalue weighted by molar-refractivity contribution is 9.10. The van der Waals surface area contributed by atoms with Crippen molar-refractivity contribution < 1.29 is 27.1 Å². The van der Waals surface area contributed by atoms with Crippen LogP contribution in [0.25, 0.3) is 6.08 Å². The Morgan fingerprint density at radius 3 is 2.56 bits per heavy atom. The largest absolute Gasteiger partial charge is 0.496 e. The summed E-state index contributed by atoms with van der Waals surface area (Å²) in [5.74, 6) is 0.0943. The lowest BCUT2D eigenvalue weighted by Crippen LogP contribution is -2.09. The predicted molar refractivity (Wildman–Crippen MR) is 113 cm³/mol. The van der Waals surface area contributed by atoms with Gasteiger partial charge in [-0.3, -0.25) is 14.2 Å². The maximum absolute atomic E-state index is 13.3. The van der Waals surface area contributed by atoms with E-state index in [1.165, 1.54) is 19.4 Å². The first-order valence-electron chi connectivity index (χ1n) is 9.49. The summed E-state index contributed by atoms with van der Waals surface area (Å²) in [6.45, 7) is 2.17. The van der Waals surface area contributed by atoms with Crippen molar-refractivity contribution in [1.82, 2.24) is 19.6 Å². The molecule has 0 unspecified atom stereocenters. The van der Waals surface area contributed by atoms with Crippen LogP contribution < -0.4 is 4.74 Å². The summed E-state index contributed by atoms with van der Waals surface area (Å²) in [7, 11) is 1.41. The van der Waals surface area contributed by atoms with Crippen LogP contribution in [0, 0.1) is 0 Å². The molecular weight excluding hydrogens is 496 g/mol. The van der Waals surface area contributed by atoms with Gasteiger partial charge in [-0.1, -0.05) is 12.1 Å². The maximum atomic E-state index is 13.3. The zero-order valence-corrected chi connectivity index (χ0v) is 18.7. The number of carbonyl (C=O) groups excluding carboxylic acids is 1. The number of ketones is 1. The molecule has 170 valence electrons. The molecule has 3 aromatic rings. The quantitative estimate of drug-likeness (QED) is 0.209. The Labute approximate surface area is 189 Å². The molecule has 0 saturated carbocycles. The van der Waals surface area contributed by atoms with Crippen LogP contribution in [-0.2, 0) is 13.1 Å². The van der Waals surface area contributed by atoms with Crippen LogP contribution in [0.15, 0.2) is 41.0 Å². The van der Waals surface area contributed by atoms with Gasteiger partial charge in [-0.25, -0.2) is 17.6 Å². The SMILES string of the molecule is CCn1ncc(Br)c1C(=O)/C=C/c1ccc(OC)c(Cn2nc(C(F)F)cc2C(F)F)c1. The summed E-state index contributed by atoms with van der Waals surface area (Å²) in [6.07, 6.45) is -1.47. The monoisotopic (exact) mass is 514 g/mol. The second-order valence-corrected chi connectivity index (χ2v) is 7.53. The minimum atomic E-state index is -2.97. The fourth-order valence-corrected chi connectivity index (χ4v) is 3.64. The minimum absolute atomic E-state index is 0.209. The zero-order valence-electron chi connectivity index (χ0n) is 17.1. The van der Waals surface area contributed by atoms with Crippen molar-refractivity contribution in [2.45, 2.75) is 32.9 Å². The molecule has 0 aliphatic rings. The third-order valence-electron chi connectivity index (χ3n) is 4.66. The predicted octanol–water partition coefficient (Wildman–Crippen LogP) is 5.69. The zero-order chi connectivity index (χ0) is 23.4. The summed E-state index contributed by atoms with van der Waals surface area (Å²) >= 11 is 3.30. The molecule has 3 rings (SSSR count). The lowest BCUT2D eigenvalue weighted by molar-refractivity contribution is 0.103. The molecule has 0 N–H and O–H groups in total. The Morgan fingerprint density at radius 1 is 1.19 bits per heavy atom. The summed E-state index contributed by atoms with van der Waals surface area (Å²) in [5, 5.41) is 7.72. The molecule has 0 spiro atoms. The fourth-order valence-electron chi connectivity index (χ4n) is 3.15. The van der Waals surface area contributed by atoms with E-state index in [1.807, 2.05) is 6.92 Å². The van der Waals surface area contributed by atoms with Crippen molar-refractivity contribution in [2.75, 3.05) is 7.11 Å². The van der Waals surface area contributed by atoms with Crippen LogP contribution in [0.2, 0.25) is 0 Å². The van der Waals surface area contributed by atoms with E-state index in [4.69, 9.17) is 4.74 Å². The molecule has 0 fully saturated rings. The molecule has 0 atom stereocenters. The van der Waals surface area contributed by atoms with Crippen molar-refractivity contribution >= 4 is 27.8 Å². The number of carbonyl (C=O) groups is 1. The van der Waals surface area contributed by atoms with E-state index in [0.717, 1.165) is 4.68 Å². The molecule has 0 radical (unpaired) electrons. The van der Waals surface area contributed by atoms with E-state index in [2.05, 4.69) is 26.1 Å². The number of ether oxygens (including phenoxy) is 1. The highest BCUT2D eigenvalue weighted by atomic mass is 79.9. The normalized spacial score (nSPS) is 11.8. The molecule has 6 nitrogen and oxygen atoms in total. The van der Waals surface area contributed by atoms with Crippen LogP contribution in [-0.4, -0.2) is 32.5 Å². The van der Waals surface area contributed by atoms with Gasteiger partial charge in [-0.15, -0.1) is 0 Å². The van der Waals surface area contributed by atoms with E-state index < -0.39 is 24.2 Å². The van der Waals surface area contributed by atoms with E-state index in [-0.39, 0.29) is 12.3 Å². The third kappa shape index (κ3) is 5.09. The van der Waals surface area contributed by atoms with Crippen LogP contribution in [0.4, 0.5) is 17.6 Å². The standard InChI is InChI=1S/C21H19BrF4N4O2/c1-3-29-19(14(22)10-27-29)17(31)6-4-12-5-7-18(32-2)13(8-12)11-30-16(21(25)26)9-15(28-30)20(23)24/h4-10,20-21H,3,11H2,1-2H3/b6-4+. The molecule has 11 heteroatoms. The van der Waals surface area contributed by atoms with Gasteiger partial charge >= 0.3 is 0 Å². The minimum Gasteiger partial charge on any atom is -0.496 e. The second kappa shape index (κ2) is 10.1. The molecule has 2 aromatic heterocycles. The number of hydrogen-bond donors (Lipinski definition) is 0. The van der Waals surface area contributed by atoms with Gasteiger partial charge < -0.3 is 4.74 Å². The summed E-state index contributed by atoms with van der Waals surface area (Å²) < 4.78 is 60.8. The fraction of sp³-hybridized carbons (Fsp3) is 0.286. The van der Waals surface area contributed by atoms with Crippen molar-refractivity contribution in [1.29, 1.82) is 0 Å². The number of halogens is 5. The number of benzene rings is 1. The number of aromatic nitrogens is 4. The van der Waals surface area contributed by atoms with E-state index in [0.29, 0.717) is 39.7 Å². The summed E-state index contributed by atoms with van der Waals surface area (Å²) in [5.41, 5.74) is 0.0886. The van der Waals surface area contributed by atoms with Gasteiger partial charge in [0.15, 0.2) is 0 Å². The number of rotatable bonds is 9. The lowest BCUT2D eigenvalue weighted by atomic mass is 10.1. The molecule has 32 heavy (non-hydrogen) atoms. The molecule has 0 bridgehead atoms. The molecule has 2 heterocycles. The number of alkyl halides is 4. The van der Waals surface area contributed by atoms with Gasteiger partial charge in [0.1, 0.15) is 22.8 Å². The molecule has 0 saturated heterocycles. The first-order valence-corrected chi connectivity index (χ1v) is 10.3. The van der Waals surface area contributed by atoms with Crippen molar-refractivity contribution in [3.8, 4) is 5.75 Å². The van der Waals surface area contributed by atoms with Crippen molar-refractivity contribution in [3.63, 3.8) is 0 Å². The van der Waals surface area contributed by atoms with Gasteiger partial charge in [-0.05, 0) is 52.7 Å². The first kappa shape index (κ1) is 23.7. The summed E-state index contributed by atoms with van der Waals surface area (Å²) in [4.78, 5) is 12.6. The van der Waals surface area contributed by atoms with Crippen LogP contribution in [0.3, 0.4) is 0 Å². The Kier molecular flexibility index (Phi) is 7.49. The Morgan fingerprint density at radius 2 is 1.94 bits per heavy atom. The third-order valence-corrected chi connectivity index (χ3v) is 5.24. The molecule has 1 aromatic carbocycles. The maximum Gasteiger partial charge on any atom is 0.282 e. The average Bonchev–Trinajstić information content (AvgIpc) is 3.35. The molecular formula is C21H19BrF4N4O2. The van der Waals surface area contributed by atoms with Crippen LogP contribution >= 0.6 is 15.9 Å². The second-order valence-electron chi connectivity index (χ2n) is 6.68. The lowest BCUT2D eigenvalue weighted by Gasteiger charge is -2.12. The van der Waals surface area contributed by atoms with E-state index in [9.17, 15) is 22.4 Å². The average molecular weight is 515 g/mol. The molecule has 0 amide bonds. The van der Waals surface area contributed by atoms with Gasteiger partial charge in [0.2, 0.25) is 5.78 Å². The van der Waals surface area contributed by atoms with Crippen LogP contribution in [0.5, 0.6) is 5.75 Å². The summed E-state index contributed by atoms with van der Waals surface area (Å²) in [6, 6.07) is 5.60. The van der Waals surface area contributed by atoms with Crippen molar-refractivity contribution in [3.05, 3.63) is 69.2 Å². The van der Waals surface area contributed by atoms with Gasteiger partial charge in [0.05, 0.1) is 24.3 Å². The van der Waals surface area contributed by atoms with Gasteiger partial charge in [-0.2, -0.15) is 10.2 Å². The van der Waals surface area contributed by atoms with E-state index >= 15 is 0 Å². The van der Waals surface area contributed by atoms with Gasteiger partial charge in [0.25, 0.3) is 12.9 Å². The van der Waals surface area contributed by atoms with Crippen LogP contribution in [0.1, 0.15) is 52.8 Å². The highest BCUT2D eigenvalue weighted by Gasteiger charge is 2.22. The molecule has 0 aliphatic heterocycles. The number of nitrogens with zero attached hydrogens (tertiary/aromatic N) is 4. The first-order chi connectivity index (χ1) is 15.2. The van der Waals surface area contributed by atoms with Gasteiger partial charge in [0, 0.05) is 12.1 Å². The van der Waals surface area contributed by atoms with E-state index in [1.54, 1.807) is 29.0 Å².